The molecule has 0 aliphatic carbocycles. The van der Waals surface area contributed by atoms with E-state index in [0.717, 1.165) is 6.54 Å². The minimum Gasteiger partial charge on any atom is -0.303 e. The number of hydrazine groups is 2. The topological polar surface area (TPSA) is 27.3 Å². The molecule has 3 nitrogen and oxygen atoms in total. The lowest BCUT2D eigenvalue weighted by Crippen LogP contribution is -2.48. The van der Waals surface area contributed by atoms with Crippen molar-refractivity contribution in [3.63, 3.8) is 0 Å². The maximum absolute atomic E-state index is 3.03. The highest BCUT2D eigenvalue weighted by atomic mass is 15.7. The van der Waals surface area contributed by atoms with E-state index in [4.69, 9.17) is 0 Å². The standard InChI is InChI=1S/C6H13N3/c1-5-4-7-8-9(3)6(5)2/h7-8H,4H2,1-3H3. The largest absolute Gasteiger partial charge is 0.303 e. The number of rotatable bonds is 0. The Kier molecular flexibility index (Phi) is 1.73. The van der Waals surface area contributed by atoms with Gasteiger partial charge in [0.2, 0.25) is 0 Å². The molecule has 0 spiro atoms. The minimum absolute atomic E-state index is 0.941. The summed E-state index contributed by atoms with van der Waals surface area (Å²) >= 11 is 0. The summed E-state index contributed by atoms with van der Waals surface area (Å²) in [5.41, 5.74) is 8.71. The van der Waals surface area contributed by atoms with Crippen LogP contribution in [0.3, 0.4) is 0 Å². The summed E-state index contributed by atoms with van der Waals surface area (Å²) in [6, 6.07) is 0. The van der Waals surface area contributed by atoms with Crippen LogP contribution < -0.4 is 11.0 Å². The maximum Gasteiger partial charge on any atom is 0.0345 e. The third-order valence-electron chi connectivity index (χ3n) is 1.72. The fourth-order valence-corrected chi connectivity index (χ4v) is 0.789. The number of hydrogen-bond donors (Lipinski definition) is 2. The Balaban J connectivity index is 2.72. The van der Waals surface area contributed by atoms with Crippen LogP contribution >= 0.6 is 0 Å². The van der Waals surface area contributed by atoms with E-state index in [-0.39, 0.29) is 0 Å². The van der Waals surface area contributed by atoms with Crippen LogP contribution in [-0.4, -0.2) is 18.6 Å². The average molecular weight is 127 g/mol. The molecule has 0 saturated carbocycles. The molecule has 0 bridgehead atoms. The molecule has 1 heterocycles. The molecule has 52 valence electrons. The first-order chi connectivity index (χ1) is 4.22. The average Bonchev–Trinajstić information content (AvgIpc) is 1.83. The highest BCUT2D eigenvalue weighted by Crippen LogP contribution is 2.06. The summed E-state index contributed by atoms with van der Waals surface area (Å²) in [4.78, 5) is 0. The Bertz CT molecular complexity index is 139. The van der Waals surface area contributed by atoms with Crippen LogP contribution in [0, 0.1) is 0 Å². The third kappa shape index (κ3) is 1.23. The molecule has 3 heteroatoms. The molecule has 0 unspecified atom stereocenters. The number of nitrogens with one attached hydrogen (secondary N) is 2. The van der Waals surface area contributed by atoms with Crippen LogP contribution in [0.5, 0.6) is 0 Å². The van der Waals surface area contributed by atoms with E-state index < -0.39 is 0 Å². The Morgan fingerprint density at radius 2 is 2.11 bits per heavy atom. The van der Waals surface area contributed by atoms with Gasteiger partial charge in [-0.05, 0) is 19.4 Å². The number of allylic oxidation sites excluding steroid dienone is 1. The van der Waals surface area contributed by atoms with Gasteiger partial charge in [0, 0.05) is 19.3 Å². The van der Waals surface area contributed by atoms with Crippen molar-refractivity contribution in [1.29, 1.82) is 0 Å². The van der Waals surface area contributed by atoms with E-state index in [9.17, 15) is 0 Å². The Morgan fingerprint density at radius 3 is 2.56 bits per heavy atom. The summed E-state index contributed by atoms with van der Waals surface area (Å²) in [6.45, 7) is 5.17. The van der Waals surface area contributed by atoms with Crippen molar-refractivity contribution in [2.24, 2.45) is 0 Å². The van der Waals surface area contributed by atoms with Gasteiger partial charge in [0.1, 0.15) is 0 Å². The smallest absolute Gasteiger partial charge is 0.0345 e. The minimum atomic E-state index is 0.941. The highest BCUT2D eigenvalue weighted by Gasteiger charge is 2.06. The summed E-state index contributed by atoms with van der Waals surface area (Å²) in [5, 5.41) is 1.97. The van der Waals surface area contributed by atoms with Gasteiger partial charge < -0.3 is 5.01 Å². The van der Waals surface area contributed by atoms with Gasteiger partial charge in [0.25, 0.3) is 0 Å². The second-order valence-electron chi connectivity index (χ2n) is 2.39. The molecule has 1 aliphatic rings. The van der Waals surface area contributed by atoms with E-state index in [1.165, 1.54) is 11.3 Å². The molecule has 1 rings (SSSR count). The van der Waals surface area contributed by atoms with Crippen LogP contribution in [0.15, 0.2) is 11.3 Å². The second-order valence-corrected chi connectivity index (χ2v) is 2.39. The normalized spacial score (nSPS) is 21.0. The van der Waals surface area contributed by atoms with Crippen molar-refractivity contribution in [1.82, 2.24) is 16.0 Å². The maximum atomic E-state index is 3.03. The summed E-state index contributed by atoms with van der Waals surface area (Å²) in [7, 11) is 1.99. The van der Waals surface area contributed by atoms with Crippen LogP contribution in [0.2, 0.25) is 0 Å². The predicted molar refractivity (Wildman–Crippen MR) is 37.3 cm³/mol. The molecule has 9 heavy (non-hydrogen) atoms. The molecule has 0 fully saturated rings. The fourth-order valence-electron chi connectivity index (χ4n) is 0.789. The zero-order valence-corrected chi connectivity index (χ0v) is 6.15. The number of nitrogens with zero attached hydrogens (tertiary/aromatic N) is 1. The Morgan fingerprint density at radius 1 is 1.44 bits per heavy atom. The van der Waals surface area contributed by atoms with Crippen LogP contribution in [0.1, 0.15) is 13.8 Å². The zero-order chi connectivity index (χ0) is 6.85. The quantitative estimate of drug-likeness (QED) is 0.488. The van der Waals surface area contributed by atoms with Gasteiger partial charge in [-0.2, -0.15) is 5.53 Å². The monoisotopic (exact) mass is 127 g/mol. The second kappa shape index (κ2) is 2.37. The Hall–Kier alpha value is -0.540. The Labute approximate surface area is 55.7 Å². The van der Waals surface area contributed by atoms with Gasteiger partial charge >= 0.3 is 0 Å². The summed E-state index contributed by atoms with van der Waals surface area (Å²) in [6.07, 6.45) is 0. The van der Waals surface area contributed by atoms with E-state index in [1.54, 1.807) is 0 Å². The van der Waals surface area contributed by atoms with E-state index in [2.05, 4.69) is 24.8 Å². The first-order valence-electron chi connectivity index (χ1n) is 3.10. The third-order valence-corrected chi connectivity index (χ3v) is 1.72. The van der Waals surface area contributed by atoms with E-state index in [1.807, 2.05) is 12.1 Å². The first-order valence-corrected chi connectivity index (χ1v) is 3.10. The molecule has 0 atom stereocenters. The van der Waals surface area contributed by atoms with Crippen molar-refractivity contribution < 1.29 is 0 Å². The molecular weight excluding hydrogens is 114 g/mol. The van der Waals surface area contributed by atoms with Crippen LogP contribution in [0.25, 0.3) is 0 Å². The van der Waals surface area contributed by atoms with Crippen molar-refractivity contribution in [2.45, 2.75) is 13.8 Å². The molecular formula is C6H13N3. The predicted octanol–water partition coefficient (Wildman–Crippen LogP) is 0.235. The molecule has 0 aromatic heterocycles. The van der Waals surface area contributed by atoms with Crippen molar-refractivity contribution in [3.8, 4) is 0 Å². The van der Waals surface area contributed by atoms with Crippen molar-refractivity contribution in [3.05, 3.63) is 11.3 Å². The SMILES string of the molecule is CC1=C(C)N(C)NNC1. The highest BCUT2D eigenvalue weighted by molar-refractivity contribution is 5.10. The van der Waals surface area contributed by atoms with Crippen molar-refractivity contribution in [2.75, 3.05) is 13.6 Å². The first kappa shape index (κ1) is 6.58. The van der Waals surface area contributed by atoms with Crippen molar-refractivity contribution >= 4 is 0 Å². The van der Waals surface area contributed by atoms with Gasteiger partial charge in [-0.25, -0.2) is 5.43 Å². The molecule has 2 N–H and O–H groups in total. The van der Waals surface area contributed by atoms with Gasteiger partial charge in [-0.3, -0.25) is 0 Å². The van der Waals surface area contributed by atoms with Crippen LogP contribution in [-0.2, 0) is 0 Å². The fraction of sp³-hybridized carbons (Fsp3) is 0.667. The summed E-state index contributed by atoms with van der Waals surface area (Å²) in [5.74, 6) is 0. The van der Waals surface area contributed by atoms with Gasteiger partial charge in [-0.15, -0.1) is 0 Å². The molecule has 1 aliphatic heterocycles. The van der Waals surface area contributed by atoms with E-state index >= 15 is 0 Å². The van der Waals surface area contributed by atoms with Gasteiger partial charge in [0.05, 0.1) is 0 Å². The molecule has 0 saturated heterocycles. The number of hydrogen-bond acceptors (Lipinski definition) is 3. The van der Waals surface area contributed by atoms with E-state index in [0.29, 0.717) is 0 Å². The molecule has 0 amide bonds. The zero-order valence-electron chi connectivity index (χ0n) is 6.15. The lowest BCUT2D eigenvalue weighted by molar-refractivity contribution is 0.229. The lowest BCUT2D eigenvalue weighted by atomic mass is 10.2. The van der Waals surface area contributed by atoms with Gasteiger partial charge in [-0.1, -0.05) is 0 Å². The molecule has 0 aromatic rings. The lowest BCUT2D eigenvalue weighted by Gasteiger charge is -2.28. The van der Waals surface area contributed by atoms with Crippen LogP contribution in [0.4, 0.5) is 0 Å². The van der Waals surface area contributed by atoms with Gasteiger partial charge in [0.15, 0.2) is 0 Å². The molecule has 0 aromatic carbocycles. The summed E-state index contributed by atoms with van der Waals surface area (Å²) < 4.78 is 0. The molecule has 0 radical (unpaired) electrons.